The van der Waals surface area contributed by atoms with Crippen molar-refractivity contribution in [2.75, 3.05) is 24.5 Å². The van der Waals surface area contributed by atoms with Gasteiger partial charge in [0.05, 0.1) is 4.91 Å². The molecule has 0 N–H and O–H groups in total. The molecule has 2 aliphatic rings. The molecule has 3 rings (SSSR count). The molecule has 1 amide bonds. The number of carbonyl (C=O) groups is 1. The average Bonchev–Trinajstić information content (AvgIpc) is 3.48. The zero-order valence-electron chi connectivity index (χ0n) is 22.1. The molecule has 2 saturated heterocycles. The van der Waals surface area contributed by atoms with Crippen LogP contribution in [0, 0.1) is 18.3 Å². The molecule has 0 unspecified atom stereocenters. The topological polar surface area (TPSA) is 69.3 Å². The fraction of sp³-hybridized carbons (Fsp3) is 0.643. The Morgan fingerprint density at radius 2 is 1.58 bits per heavy atom. The van der Waals surface area contributed by atoms with Crippen LogP contribution in [0.2, 0.25) is 0 Å². The molecule has 1 aromatic heterocycles. The molecule has 0 aromatic carbocycles. The SMILES string of the molecule is CCCCCCCCCCCCN1C(=O)/C(=C/c2c(C)c(C#N)c(=O)n(C)c2N2CCCC2)SC1=S. The lowest BCUT2D eigenvalue weighted by Gasteiger charge is -2.25. The summed E-state index contributed by atoms with van der Waals surface area (Å²) in [5.74, 6) is 0.717. The Bertz CT molecular complexity index is 1080. The van der Waals surface area contributed by atoms with Gasteiger partial charge in [0, 0.05) is 32.2 Å². The maximum absolute atomic E-state index is 13.3. The number of hydrogen-bond acceptors (Lipinski definition) is 6. The number of nitrogens with zero attached hydrogens (tertiary/aromatic N) is 4. The summed E-state index contributed by atoms with van der Waals surface area (Å²) in [5, 5.41) is 9.63. The monoisotopic (exact) mass is 528 g/mol. The molecular formula is C28H40N4O2S2. The van der Waals surface area contributed by atoms with Crippen LogP contribution in [0.3, 0.4) is 0 Å². The van der Waals surface area contributed by atoms with Gasteiger partial charge in [-0.15, -0.1) is 0 Å². The second-order valence-corrected chi connectivity index (χ2v) is 11.6. The second-order valence-electron chi connectivity index (χ2n) is 9.92. The molecule has 0 radical (unpaired) electrons. The highest BCUT2D eigenvalue weighted by atomic mass is 32.2. The van der Waals surface area contributed by atoms with Crippen molar-refractivity contribution in [1.82, 2.24) is 9.47 Å². The van der Waals surface area contributed by atoms with Gasteiger partial charge in [0.2, 0.25) is 0 Å². The predicted octanol–water partition coefficient (Wildman–Crippen LogP) is 6.29. The number of unbranched alkanes of at least 4 members (excludes halogenated alkanes) is 9. The number of carbonyl (C=O) groups excluding carboxylic acids is 1. The molecule has 3 heterocycles. The van der Waals surface area contributed by atoms with Crippen LogP contribution < -0.4 is 10.5 Å². The molecule has 0 spiro atoms. The van der Waals surface area contributed by atoms with E-state index < -0.39 is 0 Å². The van der Waals surface area contributed by atoms with Gasteiger partial charge in [-0.1, -0.05) is 88.7 Å². The highest BCUT2D eigenvalue weighted by Crippen LogP contribution is 2.36. The largest absolute Gasteiger partial charge is 0.357 e. The first-order chi connectivity index (χ1) is 17.4. The lowest BCUT2D eigenvalue weighted by Crippen LogP contribution is -2.31. The number of pyridine rings is 1. The van der Waals surface area contributed by atoms with Crippen LogP contribution in [0.25, 0.3) is 6.08 Å². The van der Waals surface area contributed by atoms with Gasteiger partial charge in [-0.25, -0.2) is 0 Å². The van der Waals surface area contributed by atoms with Crippen LogP contribution in [0.1, 0.15) is 101 Å². The highest BCUT2D eigenvalue weighted by molar-refractivity contribution is 8.26. The van der Waals surface area contributed by atoms with E-state index in [0.29, 0.717) is 21.3 Å². The van der Waals surface area contributed by atoms with E-state index in [2.05, 4.69) is 17.9 Å². The Kier molecular flexibility index (Phi) is 11.1. The number of thiocarbonyl (C=S) groups is 1. The van der Waals surface area contributed by atoms with E-state index in [9.17, 15) is 14.9 Å². The first-order valence-corrected chi connectivity index (χ1v) is 14.8. The summed E-state index contributed by atoms with van der Waals surface area (Å²) in [4.78, 5) is 30.6. The van der Waals surface area contributed by atoms with Gasteiger partial charge in [-0.3, -0.25) is 19.1 Å². The van der Waals surface area contributed by atoms with Crippen molar-refractivity contribution in [2.45, 2.75) is 90.9 Å². The number of rotatable bonds is 13. The summed E-state index contributed by atoms with van der Waals surface area (Å²) in [5.41, 5.74) is 1.24. The third-order valence-electron chi connectivity index (χ3n) is 7.26. The minimum absolute atomic E-state index is 0.0694. The van der Waals surface area contributed by atoms with Crippen molar-refractivity contribution in [3.8, 4) is 6.07 Å². The van der Waals surface area contributed by atoms with Gasteiger partial charge in [-0.05, 0) is 37.8 Å². The Hall–Kier alpha value is -2.11. The van der Waals surface area contributed by atoms with Gasteiger partial charge < -0.3 is 4.90 Å². The number of anilines is 1. The van der Waals surface area contributed by atoms with Crippen LogP contribution in [-0.2, 0) is 11.8 Å². The number of hydrogen-bond donors (Lipinski definition) is 0. The van der Waals surface area contributed by atoms with E-state index in [1.54, 1.807) is 23.4 Å². The number of nitriles is 1. The molecule has 0 bridgehead atoms. The minimum Gasteiger partial charge on any atom is -0.357 e. The van der Waals surface area contributed by atoms with E-state index in [4.69, 9.17) is 12.2 Å². The third kappa shape index (κ3) is 6.80. The van der Waals surface area contributed by atoms with Crippen molar-refractivity contribution >= 4 is 46.1 Å². The van der Waals surface area contributed by atoms with Crippen molar-refractivity contribution in [2.24, 2.45) is 7.05 Å². The first kappa shape index (κ1) is 28.5. The lowest BCUT2D eigenvalue weighted by molar-refractivity contribution is -0.122. The molecule has 2 aliphatic heterocycles. The Balaban J connectivity index is 1.66. The lowest BCUT2D eigenvalue weighted by atomic mass is 10.0. The fourth-order valence-corrected chi connectivity index (χ4v) is 6.39. The van der Waals surface area contributed by atoms with Gasteiger partial charge >= 0.3 is 0 Å². The molecule has 8 heteroatoms. The van der Waals surface area contributed by atoms with Crippen LogP contribution >= 0.6 is 24.0 Å². The molecule has 6 nitrogen and oxygen atoms in total. The summed E-state index contributed by atoms with van der Waals surface area (Å²) >= 11 is 6.88. The highest BCUT2D eigenvalue weighted by Gasteiger charge is 2.33. The molecule has 36 heavy (non-hydrogen) atoms. The van der Waals surface area contributed by atoms with E-state index in [1.807, 2.05) is 6.08 Å². The van der Waals surface area contributed by atoms with Crippen molar-refractivity contribution in [3.05, 3.63) is 31.9 Å². The summed E-state index contributed by atoms with van der Waals surface area (Å²) in [6, 6.07) is 2.07. The van der Waals surface area contributed by atoms with E-state index >= 15 is 0 Å². The number of thioether (sulfide) groups is 1. The average molecular weight is 529 g/mol. The van der Waals surface area contributed by atoms with Gasteiger partial charge in [0.15, 0.2) is 0 Å². The maximum Gasteiger partial charge on any atom is 0.270 e. The quantitative estimate of drug-likeness (QED) is 0.170. The zero-order valence-corrected chi connectivity index (χ0v) is 23.7. The van der Waals surface area contributed by atoms with Gasteiger partial charge in [0.25, 0.3) is 11.5 Å². The van der Waals surface area contributed by atoms with Crippen LogP contribution in [-0.4, -0.2) is 39.3 Å². The van der Waals surface area contributed by atoms with Gasteiger partial charge in [-0.2, -0.15) is 5.26 Å². The summed E-state index contributed by atoms with van der Waals surface area (Å²) in [6.45, 7) is 6.41. The van der Waals surface area contributed by atoms with Crippen molar-refractivity contribution < 1.29 is 4.79 Å². The molecule has 2 fully saturated rings. The standard InChI is InChI=1S/C28H40N4O2S2/c1-4-5-6-7-8-9-10-11-12-13-18-32-27(34)24(36-28(32)35)19-22-21(2)23(20-29)26(33)30(3)25(22)31-16-14-15-17-31/h19H,4-18H2,1-3H3/b24-19-. The van der Waals surface area contributed by atoms with Crippen molar-refractivity contribution in [3.63, 3.8) is 0 Å². The summed E-state index contributed by atoms with van der Waals surface area (Å²) in [7, 11) is 1.71. The maximum atomic E-state index is 13.3. The van der Waals surface area contributed by atoms with Crippen LogP contribution in [0.15, 0.2) is 9.70 Å². The van der Waals surface area contributed by atoms with Crippen molar-refractivity contribution in [1.29, 1.82) is 5.26 Å². The molecule has 0 saturated carbocycles. The Morgan fingerprint density at radius 1 is 1.00 bits per heavy atom. The Labute approximate surface area is 225 Å². The molecule has 0 aliphatic carbocycles. The number of amides is 1. The normalized spacial score (nSPS) is 17.0. The minimum atomic E-state index is -0.289. The van der Waals surface area contributed by atoms with E-state index in [0.717, 1.165) is 50.2 Å². The third-order valence-corrected chi connectivity index (χ3v) is 8.64. The summed E-state index contributed by atoms with van der Waals surface area (Å²) in [6.07, 6.45) is 16.5. The molecular weight excluding hydrogens is 488 g/mol. The predicted molar refractivity (Wildman–Crippen MR) is 154 cm³/mol. The van der Waals surface area contributed by atoms with Gasteiger partial charge in [0.1, 0.15) is 21.8 Å². The van der Waals surface area contributed by atoms with Crippen LogP contribution in [0.5, 0.6) is 0 Å². The van der Waals surface area contributed by atoms with Crippen LogP contribution in [0.4, 0.5) is 5.82 Å². The second kappa shape index (κ2) is 14.0. The van der Waals surface area contributed by atoms with E-state index in [-0.39, 0.29) is 17.0 Å². The fourth-order valence-electron chi connectivity index (χ4n) is 5.10. The summed E-state index contributed by atoms with van der Waals surface area (Å²) < 4.78 is 2.15. The van der Waals surface area contributed by atoms with E-state index in [1.165, 1.54) is 63.1 Å². The zero-order chi connectivity index (χ0) is 26.1. The molecule has 1 aromatic rings. The Morgan fingerprint density at radius 3 is 2.17 bits per heavy atom. The smallest absolute Gasteiger partial charge is 0.270 e. The molecule has 0 atom stereocenters. The number of aromatic nitrogens is 1. The molecule has 196 valence electrons. The first-order valence-electron chi connectivity index (χ1n) is 13.5.